The zero-order valence-corrected chi connectivity index (χ0v) is 8.93. The lowest BCUT2D eigenvalue weighted by Gasteiger charge is -2.14. The van der Waals surface area contributed by atoms with E-state index in [0.717, 1.165) is 0 Å². The minimum atomic E-state index is -0.611. The first kappa shape index (κ1) is 10.6. The van der Waals surface area contributed by atoms with Crippen molar-refractivity contribution in [1.82, 2.24) is 0 Å². The topological polar surface area (TPSA) is 70.8 Å². The van der Waals surface area contributed by atoms with Crippen molar-refractivity contribution in [2.45, 2.75) is 19.4 Å². The molecule has 2 rings (SSSR count). The summed E-state index contributed by atoms with van der Waals surface area (Å²) >= 11 is 0. The van der Waals surface area contributed by atoms with Crippen molar-refractivity contribution >= 4 is 5.91 Å². The molecule has 1 amide bonds. The molecular weight excluding hydrogens is 210 g/mol. The van der Waals surface area contributed by atoms with Crippen LogP contribution < -0.4 is 19.9 Å². The van der Waals surface area contributed by atoms with Crippen molar-refractivity contribution < 1.29 is 19.0 Å². The van der Waals surface area contributed by atoms with Crippen molar-refractivity contribution in [2.75, 3.05) is 6.79 Å². The number of ether oxygens (including phenoxy) is 3. The average molecular weight is 223 g/mol. The first-order valence-corrected chi connectivity index (χ1v) is 5.06. The number of rotatable bonds is 4. The molecule has 0 aromatic heterocycles. The molecule has 1 unspecified atom stereocenters. The van der Waals surface area contributed by atoms with Gasteiger partial charge in [-0.15, -0.1) is 0 Å². The second kappa shape index (κ2) is 4.30. The zero-order valence-electron chi connectivity index (χ0n) is 8.93. The summed E-state index contributed by atoms with van der Waals surface area (Å²) in [6, 6.07) is 5.15. The highest BCUT2D eigenvalue weighted by Crippen LogP contribution is 2.35. The van der Waals surface area contributed by atoms with Crippen LogP contribution in [0.2, 0.25) is 0 Å². The molecule has 0 fully saturated rings. The van der Waals surface area contributed by atoms with Crippen LogP contribution >= 0.6 is 0 Å². The number of carbonyl (C=O) groups excluding carboxylic acids is 1. The summed E-state index contributed by atoms with van der Waals surface area (Å²) < 4.78 is 15.8. The standard InChI is InChI=1S/C11H13NO4/c1-2-8(11(12)13)16-7-3-4-9-10(5-7)15-6-14-9/h3-5,8H,2,6H2,1H3,(H2,12,13). The number of benzene rings is 1. The molecule has 0 bridgehead atoms. The average Bonchev–Trinajstić information content (AvgIpc) is 2.72. The molecule has 1 heterocycles. The molecule has 5 heteroatoms. The normalized spacial score (nSPS) is 14.6. The van der Waals surface area contributed by atoms with Crippen molar-refractivity contribution in [2.24, 2.45) is 5.73 Å². The van der Waals surface area contributed by atoms with Crippen LogP contribution in [0.25, 0.3) is 0 Å². The van der Waals surface area contributed by atoms with Gasteiger partial charge in [-0.25, -0.2) is 0 Å². The second-order valence-electron chi connectivity index (χ2n) is 3.43. The van der Waals surface area contributed by atoms with E-state index < -0.39 is 12.0 Å². The van der Waals surface area contributed by atoms with Gasteiger partial charge in [-0.2, -0.15) is 0 Å². The Kier molecular flexibility index (Phi) is 2.85. The lowest BCUT2D eigenvalue weighted by Crippen LogP contribution is -2.32. The van der Waals surface area contributed by atoms with Crippen molar-refractivity contribution in [3.05, 3.63) is 18.2 Å². The molecule has 2 N–H and O–H groups in total. The Bertz CT molecular complexity index is 405. The molecule has 1 aliphatic heterocycles. The van der Waals surface area contributed by atoms with Gasteiger partial charge < -0.3 is 19.9 Å². The molecule has 0 spiro atoms. The van der Waals surface area contributed by atoms with Crippen LogP contribution in [0, 0.1) is 0 Å². The number of primary amides is 1. The van der Waals surface area contributed by atoms with E-state index in [4.69, 9.17) is 19.9 Å². The van der Waals surface area contributed by atoms with Gasteiger partial charge in [-0.3, -0.25) is 4.79 Å². The lowest BCUT2D eigenvalue weighted by atomic mass is 10.2. The van der Waals surface area contributed by atoms with Crippen LogP contribution in [0.3, 0.4) is 0 Å². The minimum absolute atomic E-state index is 0.214. The smallest absolute Gasteiger partial charge is 0.258 e. The van der Waals surface area contributed by atoms with Gasteiger partial charge in [0.1, 0.15) is 5.75 Å². The van der Waals surface area contributed by atoms with E-state index in [2.05, 4.69) is 0 Å². The molecule has 1 atom stereocenters. The molecule has 0 aliphatic carbocycles. The summed E-state index contributed by atoms with van der Waals surface area (Å²) in [6.45, 7) is 2.05. The first-order valence-electron chi connectivity index (χ1n) is 5.06. The Hall–Kier alpha value is -1.91. The fraction of sp³-hybridized carbons (Fsp3) is 0.364. The summed E-state index contributed by atoms with van der Waals surface area (Å²) in [5.74, 6) is 1.38. The maximum absolute atomic E-state index is 11.0. The number of hydrogen-bond acceptors (Lipinski definition) is 4. The first-order chi connectivity index (χ1) is 7.70. The van der Waals surface area contributed by atoms with Crippen LogP contribution in [0.1, 0.15) is 13.3 Å². The number of carbonyl (C=O) groups is 1. The molecule has 16 heavy (non-hydrogen) atoms. The van der Waals surface area contributed by atoms with Gasteiger partial charge in [0.2, 0.25) is 6.79 Å². The fourth-order valence-electron chi connectivity index (χ4n) is 1.46. The highest BCUT2D eigenvalue weighted by Gasteiger charge is 2.18. The molecular formula is C11H13NO4. The van der Waals surface area contributed by atoms with Crippen molar-refractivity contribution in [3.8, 4) is 17.2 Å². The molecule has 0 radical (unpaired) electrons. The molecule has 86 valence electrons. The third-order valence-corrected chi connectivity index (χ3v) is 2.31. The predicted octanol–water partition coefficient (Wildman–Crippen LogP) is 1.06. The molecule has 1 aliphatic rings. The van der Waals surface area contributed by atoms with E-state index in [1.54, 1.807) is 18.2 Å². The van der Waals surface area contributed by atoms with Crippen LogP contribution in [-0.4, -0.2) is 18.8 Å². The molecule has 0 saturated heterocycles. The predicted molar refractivity (Wildman–Crippen MR) is 56.5 cm³/mol. The second-order valence-corrected chi connectivity index (χ2v) is 3.43. The van der Waals surface area contributed by atoms with Gasteiger partial charge >= 0.3 is 0 Å². The quantitative estimate of drug-likeness (QED) is 0.828. The van der Waals surface area contributed by atoms with E-state index in [9.17, 15) is 4.79 Å². The molecule has 1 aromatic rings. The maximum Gasteiger partial charge on any atom is 0.258 e. The van der Waals surface area contributed by atoms with E-state index >= 15 is 0 Å². The minimum Gasteiger partial charge on any atom is -0.480 e. The monoisotopic (exact) mass is 223 g/mol. The van der Waals surface area contributed by atoms with Gasteiger partial charge in [0.05, 0.1) is 0 Å². The number of nitrogens with two attached hydrogens (primary N) is 1. The van der Waals surface area contributed by atoms with Crippen LogP contribution in [-0.2, 0) is 4.79 Å². The van der Waals surface area contributed by atoms with Crippen molar-refractivity contribution in [3.63, 3.8) is 0 Å². The summed E-state index contributed by atoms with van der Waals surface area (Å²) in [6.07, 6.45) is -0.0792. The van der Waals surface area contributed by atoms with E-state index in [1.807, 2.05) is 6.92 Å². The SMILES string of the molecule is CCC(Oc1ccc2c(c1)OCO2)C(N)=O. The maximum atomic E-state index is 11.0. The highest BCUT2D eigenvalue weighted by atomic mass is 16.7. The molecule has 1 aromatic carbocycles. The van der Waals surface area contributed by atoms with Crippen LogP contribution in [0.5, 0.6) is 17.2 Å². The largest absolute Gasteiger partial charge is 0.480 e. The zero-order chi connectivity index (χ0) is 11.5. The number of fused-ring (bicyclic) bond motifs is 1. The number of amides is 1. The summed E-state index contributed by atoms with van der Waals surface area (Å²) in [7, 11) is 0. The third-order valence-electron chi connectivity index (χ3n) is 2.31. The molecule has 0 saturated carbocycles. The van der Waals surface area contributed by atoms with E-state index in [-0.39, 0.29) is 6.79 Å². The van der Waals surface area contributed by atoms with Gasteiger partial charge in [0.25, 0.3) is 5.91 Å². The Morgan fingerprint density at radius 3 is 2.94 bits per heavy atom. The highest BCUT2D eigenvalue weighted by molar-refractivity contribution is 5.79. The Morgan fingerprint density at radius 2 is 2.25 bits per heavy atom. The number of hydrogen-bond donors (Lipinski definition) is 1. The summed E-state index contributed by atoms with van der Waals surface area (Å²) in [5.41, 5.74) is 5.19. The van der Waals surface area contributed by atoms with E-state index in [0.29, 0.717) is 23.7 Å². The van der Waals surface area contributed by atoms with Crippen LogP contribution in [0.4, 0.5) is 0 Å². The third kappa shape index (κ3) is 2.03. The Labute approximate surface area is 93.1 Å². The van der Waals surface area contributed by atoms with Crippen LogP contribution in [0.15, 0.2) is 18.2 Å². The van der Waals surface area contributed by atoms with E-state index in [1.165, 1.54) is 0 Å². The molecule has 5 nitrogen and oxygen atoms in total. The van der Waals surface area contributed by atoms with Gasteiger partial charge in [0.15, 0.2) is 17.6 Å². The van der Waals surface area contributed by atoms with Gasteiger partial charge in [0, 0.05) is 6.07 Å². The fourth-order valence-corrected chi connectivity index (χ4v) is 1.46. The summed E-state index contributed by atoms with van der Waals surface area (Å²) in [4.78, 5) is 11.0. The van der Waals surface area contributed by atoms with Crippen molar-refractivity contribution in [1.29, 1.82) is 0 Å². The summed E-state index contributed by atoms with van der Waals surface area (Å²) in [5, 5.41) is 0. The van der Waals surface area contributed by atoms with Gasteiger partial charge in [-0.1, -0.05) is 6.92 Å². The Balaban J connectivity index is 2.13. The van der Waals surface area contributed by atoms with Gasteiger partial charge in [-0.05, 0) is 18.6 Å². The lowest BCUT2D eigenvalue weighted by molar-refractivity contribution is -0.124. The Morgan fingerprint density at radius 1 is 1.50 bits per heavy atom.